The fourth-order valence-electron chi connectivity index (χ4n) is 0. The molecule has 0 aliphatic heterocycles. The Morgan fingerprint density at radius 2 is 1.80 bits per heavy atom. The first-order valence-electron chi connectivity index (χ1n) is 2.60. The van der Waals surface area contributed by atoms with E-state index in [0.29, 0.717) is 0 Å². The van der Waals surface area contributed by atoms with Crippen LogP contribution in [0.5, 0.6) is 0 Å². The molecule has 0 saturated heterocycles. The third-order valence-electron chi connectivity index (χ3n) is 0.434. The van der Waals surface area contributed by atoms with Gasteiger partial charge in [-0.15, -0.1) is 11.6 Å². The number of carboxylic acids is 1. The van der Waals surface area contributed by atoms with Gasteiger partial charge in [-0.25, -0.2) is 0 Å². The van der Waals surface area contributed by atoms with Crippen molar-refractivity contribution in [3.8, 4) is 0 Å². The molecule has 0 spiro atoms. The standard InChI is InChI=1S/C3H6O2.C2H4ClNO/c1-2-3(4)5;3-1-2(4)5/h2H2,1H3,(H,4,5);1H2,(H2,4,5). The monoisotopic (exact) mass is 167 g/mol. The van der Waals surface area contributed by atoms with E-state index in [0.717, 1.165) is 0 Å². The van der Waals surface area contributed by atoms with Crippen molar-refractivity contribution in [3.05, 3.63) is 0 Å². The Bertz CT molecular complexity index is 101. The van der Waals surface area contributed by atoms with E-state index >= 15 is 0 Å². The number of aliphatic carboxylic acids is 1. The van der Waals surface area contributed by atoms with Gasteiger partial charge in [0, 0.05) is 6.42 Å². The van der Waals surface area contributed by atoms with Crippen molar-refractivity contribution in [1.82, 2.24) is 0 Å². The van der Waals surface area contributed by atoms with Crippen molar-refractivity contribution in [3.63, 3.8) is 0 Å². The number of nitrogens with two attached hydrogens (primary N) is 1. The van der Waals surface area contributed by atoms with Crippen molar-refractivity contribution >= 4 is 23.5 Å². The lowest BCUT2D eigenvalue weighted by Gasteiger charge is -1.71. The molecule has 0 unspecified atom stereocenters. The second-order valence-electron chi connectivity index (χ2n) is 1.35. The number of alkyl halides is 1. The molecule has 0 aromatic carbocycles. The zero-order chi connectivity index (χ0) is 8.57. The Kier molecular flexibility index (Phi) is 9.84. The molecular formula is C5H10ClNO3. The zero-order valence-electron chi connectivity index (χ0n) is 5.63. The topological polar surface area (TPSA) is 80.4 Å². The molecule has 0 aliphatic carbocycles. The summed E-state index contributed by atoms with van der Waals surface area (Å²) in [7, 11) is 0. The lowest BCUT2D eigenvalue weighted by atomic mass is 10.5. The Balaban J connectivity index is 0. The van der Waals surface area contributed by atoms with E-state index in [1.165, 1.54) is 0 Å². The zero-order valence-corrected chi connectivity index (χ0v) is 6.39. The van der Waals surface area contributed by atoms with E-state index < -0.39 is 11.9 Å². The molecule has 60 valence electrons. The largest absolute Gasteiger partial charge is 0.481 e. The Hall–Kier alpha value is -0.770. The maximum atomic E-state index is 9.46. The Morgan fingerprint density at radius 3 is 1.80 bits per heavy atom. The molecule has 3 N–H and O–H groups in total. The Labute approximate surface area is 64.0 Å². The van der Waals surface area contributed by atoms with Gasteiger partial charge in [0.05, 0.1) is 0 Å². The highest BCUT2D eigenvalue weighted by Gasteiger charge is 1.81. The number of halogens is 1. The average molecular weight is 168 g/mol. The van der Waals surface area contributed by atoms with Crippen LogP contribution in [-0.2, 0) is 9.59 Å². The fourth-order valence-corrected chi connectivity index (χ4v) is 0. The summed E-state index contributed by atoms with van der Waals surface area (Å²) < 4.78 is 0. The maximum Gasteiger partial charge on any atom is 0.303 e. The summed E-state index contributed by atoms with van der Waals surface area (Å²) in [5, 5.41) is 7.72. The molecule has 4 nitrogen and oxygen atoms in total. The van der Waals surface area contributed by atoms with Gasteiger partial charge < -0.3 is 10.8 Å². The van der Waals surface area contributed by atoms with Crippen molar-refractivity contribution in [2.75, 3.05) is 5.88 Å². The van der Waals surface area contributed by atoms with Gasteiger partial charge in [-0.1, -0.05) is 6.92 Å². The second-order valence-corrected chi connectivity index (χ2v) is 1.61. The van der Waals surface area contributed by atoms with Gasteiger partial charge in [-0.2, -0.15) is 0 Å². The number of hydrogen-bond acceptors (Lipinski definition) is 2. The molecule has 0 rings (SSSR count). The predicted molar refractivity (Wildman–Crippen MR) is 37.8 cm³/mol. The second kappa shape index (κ2) is 8.23. The quantitative estimate of drug-likeness (QED) is 0.577. The van der Waals surface area contributed by atoms with Crippen LogP contribution in [0.3, 0.4) is 0 Å². The molecule has 0 heterocycles. The number of carboxylic acid groups (broad SMARTS) is 1. The van der Waals surface area contributed by atoms with Crippen molar-refractivity contribution in [2.45, 2.75) is 13.3 Å². The van der Waals surface area contributed by atoms with E-state index in [4.69, 9.17) is 16.7 Å². The number of amides is 1. The average Bonchev–Trinajstić information content (AvgIpc) is 1.89. The van der Waals surface area contributed by atoms with E-state index in [-0.39, 0.29) is 12.3 Å². The summed E-state index contributed by atoms with van der Waals surface area (Å²) in [4.78, 5) is 18.8. The third kappa shape index (κ3) is 26.9. The summed E-state index contributed by atoms with van der Waals surface area (Å²) in [6.07, 6.45) is 0.222. The lowest BCUT2D eigenvalue weighted by molar-refractivity contribution is -0.136. The molecular weight excluding hydrogens is 158 g/mol. The molecule has 0 saturated carbocycles. The summed E-state index contributed by atoms with van der Waals surface area (Å²) in [5.74, 6) is -1.31. The van der Waals surface area contributed by atoms with Crippen LogP contribution in [0.2, 0.25) is 0 Å². The minimum absolute atomic E-state index is 0.0833. The molecule has 0 aromatic heterocycles. The van der Waals surface area contributed by atoms with E-state index in [1.807, 2.05) is 0 Å². The van der Waals surface area contributed by atoms with Crippen LogP contribution in [0, 0.1) is 0 Å². The smallest absolute Gasteiger partial charge is 0.303 e. The normalized spacial score (nSPS) is 7.40. The van der Waals surface area contributed by atoms with Crippen LogP contribution in [0.15, 0.2) is 0 Å². The van der Waals surface area contributed by atoms with Crippen LogP contribution in [0.4, 0.5) is 0 Å². The number of carbonyl (C=O) groups excluding carboxylic acids is 1. The van der Waals surface area contributed by atoms with Crippen molar-refractivity contribution in [1.29, 1.82) is 0 Å². The molecule has 0 aliphatic rings. The highest BCUT2D eigenvalue weighted by molar-refractivity contribution is 6.27. The minimum atomic E-state index is -0.745. The van der Waals surface area contributed by atoms with Gasteiger partial charge in [0.25, 0.3) is 0 Å². The van der Waals surface area contributed by atoms with Gasteiger partial charge in [0.1, 0.15) is 5.88 Å². The Morgan fingerprint density at radius 1 is 1.60 bits per heavy atom. The van der Waals surface area contributed by atoms with Gasteiger partial charge >= 0.3 is 5.97 Å². The number of hydrogen-bond donors (Lipinski definition) is 2. The summed E-state index contributed by atoms with van der Waals surface area (Å²) >= 11 is 4.86. The van der Waals surface area contributed by atoms with Gasteiger partial charge in [0.15, 0.2) is 0 Å². The molecule has 0 bridgehead atoms. The minimum Gasteiger partial charge on any atom is -0.481 e. The van der Waals surface area contributed by atoms with Gasteiger partial charge in [-0.3, -0.25) is 9.59 Å². The summed E-state index contributed by atoms with van der Waals surface area (Å²) in [5.41, 5.74) is 4.52. The number of rotatable bonds is 2. The van der Waals surface area contributed by atoms with Gasteiger partial charge in [-0.05, 0) is 0 Å². The lowest BCUT2D eigenvalue weighted by Crippen LogP contribution is -2.10. The van der Waals surface area contributed by atoms with Crippen LogP contribution >= 0.6 is 11.6 Å². The molecule has 0 fully saturated rings. The SMILES string of the molecule is CCC(=O)O.NC(=O)CCl. The van der Waals surface area contributed by atoms with Crippen LogP contribution in [0.25, 0.3) is 0 Å². The molecule has 1 amide bonds. The third-order valence-corrected chi connectivity index (χ3v) is 0.698. The highest BCUT2D eigenvalue weighted by atomic mass is 35.5. The first-order valence-corrected chi connectivity index (χ1v) is 3.14. The molecule has 0 radical (unpaired) electrons. The fraction of sp³-hybridized carbons (Fsp3) is 0.600. The first kappa shape index (κ1) is 12.0. The first-order chi connectivity index (χ1) is 4.54. The summed E-state index contributed by atoms with van der Waals surface area (Å²) in [6.45, 7) is 1.60. The van der Waals surface area contributed by atoms with Crippen LogP contribution in [-0.4, -0.2) is 22.9 Å². The van der Waals surface area contributed by atoms with Crippen molar-refractivity contribution in [2.24, 2.45) is 5.73 Å². The molecule has 0 atom stereocenters. The van der Waals surface area contributed by atoms with E-state index in [1.54, 1.807) is 6.92 Å². The molecule has 0 aromatic rings. The molecule has 10 heavy (non-hydrogen) atoms. The van der Waals surface area contributed by atoms with Gasteiger partial charge in [0.2, 0.25) is 5.91 Å². The molecule has 5 heteroatoms. The van der Waals surface area contributed by atoms with E-state index in [2.05, 4.69) is 5.73 Å². The predicted octanol–water partition coefficient (Wildman–Crippen LogP) is 0.192. The van der Waals surface area contributed by atoms with Crippen molar-refractivity contribution < 1.29 is 14.7 Å². The highest BCUT2D eigenvalue weighted by Crippen LogP contribution is 1.67. The maximum absolute atomic E-state index is 9.46. The van der Waals surface area contributed by atoms with Crippen LogP contribution < -0.4 is 5.73 Å². The van der Waals surface area contributed by atoms with Crippen LogP contribution in [0.1, 0.15) is 13.3 Å². The van der Waals surface area contributed by atoms with E-state index in [9.17, 15) is 9.59 Å². The number of primary amides is 1. The number of carbonyl (C=O) groups is 2. The summed E-state index contributed by atoms with van der Waals surface area (Å²) in [6, 6.07) is 0.